The Bertz CT molecular complexity index is 1450. The molecule has 2 aromatic heterocycles. The molecule has 3 heterocycles. The van der Waals surface area contributed by atoms with Gasteiger partial charge in [-0.1, -0.05) is 23.2 Å². The molecule has 1 atom stereocenters. The van der Waals surface area contributed by atoms with Gasteiger partial charge in [-0.25, -0.2) is 13.5 Å². The number of anilines is 2. The number of rotatable bonds is 4. The summed E-state index contributed by atoms with van der Waals surface area (Å²) in [6.45, 7) is 1.31. The molecule has 0 aliphatic carbocycles. The predicted octanol–water partition coefficient (Wildman–Crippen LogP) is 5.19. The zero-order chi connectivity index (χ0) is 23.8. The second kappa shape index (κ2) is 9.31. The van der Waals surface area contributed by atoms with Crippen LogP contribution in [0.4, 0.5) is 11.4 Å². The van der Waals surface area contributed by atoms with Crippen molar-refractivity contribution < 1.29 is 9.00 Å². The van der Waals surface area contributed by atoms with Crippen molar-refractivity contribution >= 4 is 62.7 Å². The number of hydrogen-bond donors (Lipinski definition) is 1. The summed E-state index contributed by atoms with van der Waals surface area (Å²) in [6.07, 6.45) is 1.72. The van der Waals surface area contributed by atoms with E-state index in [-0.39, 0.29) is 10.9 Å². The first-order chi connectivity index (χ1) is 16.4. The van der Waals surface area contributed by atoms with Gasteiger partial charge in [0.25, 0.3) is 5.91 Å². The van der Waals surface area contributed by atoms with Crippen LogP contribution in [0.5, 0.6) is 0 Å². The molecule has 2 aromatic carbocycles. The van der Waals surface area contributed by atoms with Gasteiger partial charge in [-0.15, -0.1) is 0 Å². The van der Waals surface area contributed by atoms with E-state index < -0.39 is 11.2 Å². The monoisotopic (exact) mass is 511 g/mol. The molecule has 0 saturated carbocycles. The van der Waals surface area contributed by atoms with Crippen LogP contribution in [0.2, 0.25) is 10.0 Å². The molecular formula is C24H19Cl2N5O2S. The summed E-state index contributed by atoms with van der Waals surface area (Å²) in [5.41, 5.74) is 4.47. The molecule has 0 radical (unpaired) electrons. The molecule has 4 aromatic rings. The van der Waals surface area contributed by atoms with Crippen LogP contribution >= 0.6 is 23.2 Å². The van der Waals surface area contributed by atoms with Gasteiger partial charge in [0, 0.05) is 37.6 Å². The fourth-order valence-corrected chi connectivity index (χ4v) is 5.30. The minimum absolute atomic E-state index is 0.277. The third-order valence-corrected chi connectivity index (χ3v) is 7.64. The lowest BCUT2D eigenvalue weighted by Crippen LogP contribution is -2.24. The predicted molar refractivity (Wildman–Crippen MR) is 138 cm³/mol. The highest BCUT2D eigenvalue weighted by molar-refractivity contribution is 7.84. The van der Waals surface area contributed by atoms with Gasteiger partial charge in [0.2, 0.25) is 0 Å². The van der Waals surface area contributed by atoms with Gasteiger partial charge in [0.05, 0.1) is 38.0 Å². The number of carbonyl (C=O) groups excluding carboxylic acids is 1. The maximum Gasteiger partial charge on any atom is 0.257 e. The normalized spacial score (nSPS) is 16.2. The number of halogens is 2. The van der Waals surface area contributed by atoms with Crippen molar-refractivity contribution in [3.63, 3.8) is 0 Å². The summed E-state index contributed by atoms with van der Waals surface area (Å²) in [5, 5.41) is 3.67. The van der Waals surface area contributed by atoms with Gasteiger partial charge in [-0.05, 0) is 60.7 Å². The van der Waals surface area contributed by atoms with E-state index in [0.29, 0.717) is 46.3 Å². The summed E-state index contributed by atoms with van der Waals surface area (Å²) in [4.78, 5) is 21.9. The lowest BCUT2D eigenvalue weighted by atomic mass is 10.1. The van der Waals surface area contributed by atoms with Crippen LogP contribution in [0.1, 0.15) is 10.4 Å². The zero-order valence-corrected chi connectivity index (χ0v) is 20.4. The second-order valence-electron chi connectivity index (χ2n) is 7.74. The van der Waals surface area contributed by atoms with Crippen LogP contribution in [0.25, 0.3) is 22.3 Å². The molecule has 5 rings (SSSR count). The van der Waals surface area contributed by atoms with E-state index in [1.807, 2.05) is 24.3 Å². The largest absolute Gasteiger partial charge is 0.322 e. The quantitative estimate of drug-likeness (QED) is 0.409. The van der Waals surface area contributed by atoms with Crippen molar-refractivity contribution in [3.05, 3.63) is 82.5 Å². The topological polar surface area (TPSA) is 78.4 Å². The first-order valence-corrected chi connectivity index (χ1v) is 12.3. The number of carbonyl (C=O) groups is 1. The zero-order valence-electron chi connectivity index (χ0n) is 18.0. The van der Waals surface area contributed by atoms with Crippen LogP contribution < -0.4 is 9.62 Å². The van der Waals surface area contributed by atoms with E-state index in [2.05, 4.69) is 15.3 Å². The van der Waals surface area contributed by atoms with E-state index in [1.165, 1.54) is 0 Å². The fraction of sp³-hybridized carbons (Fsp3) is 0.125. The van der Waals surface area contributed by atoms with Crippen molar-refractivity contribution in [1.82, 2.24) is 14.3 Å². The molecule has 0 bridgehead atoms. The summed E-state index contributed by atoms with van der Waals surface area (Å²) in [7, 11) is 1.80. The van der Waals surface area contributed by atoms with Gasteiger partial charge in [0.15, 0.2) is 11.2 Å². The number of amides is 1. The maximum absolute atomic E-state index is 13.0. The lowest BCUT2D eigenvalue weighted by molar-refractivity contribution is 0.102. The highest BCUT2D eigenvalue weighted by Crippen LogP contribution is 2.32. The van der Waals surface area contributed by atoms with Gasteiger partial charge >= 0.3 is 0 Å². The van der Waals surface area contributed by atoms with Crippen LogP contribution in [0.15, 0.2) is 66.9 Å². The molecule has 34 heavy (non-hydrogen) atoms. The molecule has 1 unspecified atom stereocenters. The SMILES string of the molecule is CN1CCN(c2ccc(C(=O)Nc3ccc(Cl)c(-c4ccc5ncccc5n4)c3)c(Cl)c2)S1=O. The molecule has 7 nitrogen and oxygen atoms in total. The molecular weight excluding hydrogens is 493 g/mol. The molecule has 1 saturated heterocycles. The van der Waals surface area contributed by atoms with E-state index >= 15 is 0 Å². The number of aromatic nitrogens is 2. The first-order valence-electron chi connectivity index (χ1n) is 10.4. The van der Waals surface area contributed by atoms with Crippen molar-refractivity contribution in [1.29, 1.82) is 0 Å². The average Bonchev–Trinajstić information content (AvgIpc) is 3.18. The fourth-order valence-electron chi connectivity index (χ4n) is 3.72. The molecule has 10 heteroatoms. The Morgan fingerprint density at radius 3 is 2.62 bits per heavy atom. The summed E-state index contributed by atoms with van der Waals surface area (Å²) < 4.78 is 15.8. The lowest BCUT2D eigenvalue weighted by Gasteiger charge is -2.17. The van der Waals surface area contributed by atoms with Crippen molar-refractivity contribution in [2.45, 2.75) is 0 Å². The van der Waals surface area contributed by atoms with E-state index in [0.717, 1.165) is 11.0 Å². The van der Waals surface area contributed by atoms with E-state index in [1.54, 1.807) is 58.3 Å². The number of likely N-dealkylation sites (N-methyl/N-ethyl adjacent to an activating group) is 1. The van der Waals surface area contributed by atoms with Crippen LogP contribution in [0.3, 0.4) is 0 Å². The summed E-state index contributed by atoms with van der Waals surface area (Å²) >= 11 is 11.6. The van der Waals surface area contributed by atoms with Crippen LogP contribution in [0, 0.1) is 0 Å². The second-order valence-corrected chi connectivity index (χ2v) is 10.1. The summed E-state index contributed by atoms with van der Waals surface area (Å²) in [5.74, 6) is -0.361. The third-order valence-electron chi connectivity index (χ3n) is 5.51. The van der Waals surface area contributed by atoms with Gasteiger partial charge in [0.1, 0.15) is 0 Å². The maximum atomic E-state index is 13.0. The standard InChI is InChI=1S/C24H19Cl2N5O2S/c1-30-11-12-31(34(30)33)16-5-6-17(20(26)14-16)24(32)28-15-4-7-19(25)18(13-15)21-8-9-22-23(29-21)3-2-10-27-22/h2-10,13-14H,11-12H2,1H3,(H,28,32). The number of pyridine rings is 2. The van der Waals surface area contributed by atoms with E-state index in [4.69, 9.17) is 23.2 Å². The van der Waals surface area contributed by atoms with Crippen LogP contribution in [-0.4, -0.2) is 44.5 Å². The Balaban J connectivity index is 1.39. The first kappa shape index (κ1) is 22.7. The Hall–Kier alpha value is -3.04. The molecule has 1 amide bonds. The van der Waals surface area contributed by atoms with Crippen molar-refractivity contribution in [2.24, 2.45) is 0 Å². The van der Waals surface area contributed by atoms with Gasteiger partial charge < -0.3 is 5.32 Å². The van der Waals surface area contributed by atoms with Crippen molar-refractivity contribution in [2.75, 3.05) is 29.8 Å². The highest BCUT2D eigenvalue weighted by Gasteiger charge is 2.26. The number of nitrogens with one attached hydrogen (secondary N) is 1. The molecule has 1 N–H and O–H groups in total. The molecule has 172 valence electrons. The smallest absolute Gasteiger partial charge is 0.257 e. The highest BCUT2D eigenvalue weighted by atomic mass is 35.5. The number of fused-ring (bicyclic) bond motifs is 1. The van der Waals surface area contributed by atoms with Gasteiger partial charge in [-0.2, -0.15) is 0 Å². The molecule has 1 fully saturated rings. The number of nitrogens with zero attached hydrogens (tertiary/aromatic N) is 4. The Labute approximate surface area is 209 Å². The number of hydrogen-bond acceptors (Lipinski definition) is 4. The Morgan fingerprint density at radius 2 is 1.85 bits per heavy atom. The van der Waals surface area contributed by atoms with Crippen molar-refractivity contribution in [3.8, 4) is 11.3 Å². The number of benzene rings is 2. The summed E-state index contributed by atoms with van der Waals surface area (Å²) in [6, 6.07) is 17.7. The third kappa shape index (κ3) is 4.37. The Morgan fingerprint density at radius 1 is 1.00 bits per heavy atom. The minimum atomic E-state index is -1.26. The average molecular weight is 512 g/mol. The van der Waals surface area contributed by atoms with Gasteiger partial charge in [-0.3, -0.25) is 14.1 Å². The Kier molecular flexibility index (Phi) is 6.22. The molecule has 0 spiro atoms. The van der Waals surface area contributed by atoms with Crippen LogP contribution in [-0.2, 0) is 11.2 Å². The van der Waals surface area contributed by atoms with E-state index in [9.17, 15) is 9.00 Å². The minimum Gasteiger partial charge on any atom is -0.322 e. The molecule has 1 aliphatic rings. The molecule has 1 aliphatic heterocycles.